The molecule has 0 unspecified atom stereocenters. The first-order chi connectivity index (χ1) is 13.0. The first-order valence-corrected chi connectivity index (χ1v) is 9.64. The Morgan fingerprint density at radius 3 is 2.48 bits per heavy atom. The fourth-order valence-electron chi connectivity index (χ4n) is 3.85. The van der Waals surface area contributed by atoms with Crippen molar-refractivity contribution in [1.82, 2.24) is 15.5 Å². The van der Waals surface area contributed by atoms with Crippen molar-refractivity contribution < 1.29 is 19.5 Å². The van der Waals surface area contributed by atoms with E-state index in [-0.39, 0.29) is 30.3 Å². The molecule has 0 bridgehead atoms. The number of rotatable bonds is 5. The number of nitrogens with one attached hydrogen (secondary N) is 2. The molecule has 0 spiro atoms. The van der Waals surface area contributed by atoms with Crippen molar-refractivity contribution in [3.63, 3.8) is 0 Å². The van der Waals surface area contributed by atoms with Crippen molar-refractivity contribution in [2.24, 2.45) is 5.92 Å². The van der Waals surface area contributed by atoms with Crippen molar-refractivity contribution in [3.05, 3.63) is 35.4 Å². The minimum absolute atomic E-state index is 0.0439. The molecular formula is C20H27N3O4. The van der Waals surface area contributed by atoms with Gasteiger partial charge in [-0.15, -0.1) is 0 Å². The molecule has 27 heavy (non-hydrogen) atoms. The van der Waals surface area contributed by atoms with Crippen LogP contribution in [0, 0.1) is 5.92 Å². The van der Waals surface area contributed by atoms with E-state index in [1.807, 2.05) is 18.2 Å². The summed E-state index contributed by atoms with van der Waals surface area (Å²) < 4.78 is 0. The summed E-state index contributed by atoms with van der Waals surface area (Å²) in [6, 6.07) is 8.04. The fourth-order valence-corrected chi connectivity index (χ4v) is 3.85. The Bertz CT molecular complexity index is 698. The minimum atomic E-state index is -0.747. The van der Waals surface area contributed by atoms with Gasteiger partial charge in [0.05, 0.1) is 5.92 Å². The van der Waals surface area contributed by atoms with Crippen LogP contribution in [-0.4, -0.2) is 47.0 Å². The first kappa shape index (κ1) is 19.2. The molecule has 1 saturated carbocycles. The quantitative estimate of drug-likeness (QED) is 0.734. The molecule has 7 heteroatoms. The highest BCUT2D eigenvalue weighted by molar-refractivity contribution is 5.78. The zero-order valence-corrected chi connectivity index (χ0v) is 15.4. The van der Waals surface area contributed by atoms with Crippen LogP contribution in [0.15, 0.2) is 24.3 Å². The molecular weight excluding hydrogens is 346 g/mol. The number of aliphatic carboxylic acids is 1. The Labute approximate surface area is 159 Å². The molecule has 0 saturated heterocycles. The van der Waals surface area contributed by atoms with Gasteiger partial charge in [-0.3, -0.25) is 9.59 Å². The van der Waals surface area contributed by atoms with Crippen molar-refractivity contribution in [3.8, 4) is 0 Å². The van der Waals surface area contributed by atoms with Gasteiger partial charge in [-0.05, 0) is 43.2 Å². The van der Waals surface area contributed by atoms with Crippen LogP contribution >= 0.6 is 0 Å². The molecule has 1 fully saturated rings. The summed E-state index contributed by atoms with van der Waals surface area (Å²) in [6.07, 6.45) is 3.68. The summed E-state index contributed by atoms with van der Waals surface area (Å²) in [6.45, 7) is 1.58. The van der Waals surface area contributed by atoms with Gasteiger partial charge in [-0.25, -0.2) is 4.79 Å². The third-order valence-electron chi connectivity index (χ3n) is 5.49. The van der Waals surface area contributed by atoms with E-state index in [1.165, 1.54) is 11.1 Å². The van der Waals surface area contributed by atoms with Crippen molar-refractivity contribution >= 4 is 17.9 Å². The third-order valence-corrected chi connectivity index (χ3v) is 5.49. The minimum Gasteiger partial charge on any atom is -0.481 e. The molecule has 0 aromatic heterocycles. The van der Waals surface area contributed by atoms with Gasteiger partial charge in [-0.1, -0.05) is 24.3 Å². The second kappa shape index (κ2) is 8.88. The molecule has 1 aliphatic heterocycles. The smallest absolute Gasteiger partial charge is 0.317 e. The number of benzene rings is 1. The van der Waals surface area contributed by atoms with Crippen LogP contribution in [0.1, 0.15) is 43.2 Å². The predicted octanol–water partition coefficient (Wildman–Crippen LogP) is 1.90. The highest BCUT2D eigenvalue weighted by Gasteiger charge is 2.26. The van der Waals surface area contributed by atoms with Crippen LogP contribution in [0.5, 0.6) is 0 Å². The molecule has 2 aliphatic rings. The van der Waals surface area contributed by atoms with Gasteiger partial charge in [-0.2, -0.15) is 0 Å². The average molecular weight is 373 g/mol. The normalized spacial score (nSPS) is 21.9. The van der Waals surface area contributed by atoms with E-state index in [4.69, 9.17) is 5.11 Å². The number of carboxylic acids is 1. The number of hydrogen-bond acceptors (Lipinski definition) is 3. The zero-order chi connectivity index (χ0) is 19.2. The largest absolute Gasteiger partial charge is 0.481 e. The number of hydrogen-bond donors (Lipinski definition) is 3. The van der Waals surface area contributed by atoms with E-state index in [1.54, 1.807) is 4.90 Å². The third kappa shape index (κ3) is 5.21. The monoisotopic (exact) mass is 373 g/mol. The van der Waals surface area contributed by atoms with Crippen LogP contribution in [0.2, 0.25) is 0 Å². The number of urea groups is 1. The Hall–Kier alpha value is -2.57. The van der Waals surface area contributed by atoms with Crippen LogP contribution in [0.4, 0.5) is 4.79 Å². The Balaban J connectivity index is 1.34. The van der Waals surface area contributed by atoms with Gasteiger partial charge in [0.25, 0.3) is 0 Å². The number of nitrogens with zero attached hydrogens (tertiary/aromatic N) is 1. The second-order valence-electron chi connectivity index (χ2n) is 7.38. The molecule has 3 rings (SSSR count). The van der Waals surface area contributed by atoms with Crippen LogP contribution in [0.3, 0.4) is 0 Å². The summed E-state index contributed by atoms with van der Waals surface area (Å²) in [5, 5.41) is 14.8. The molecule has 146 valence electrons. The van der Waals surface area contributed by atoms with Gasteiger partial charge in [0.2, 0.25) is 5.91 Å². The Kier molecular flexibility index (Phi) is 6.32. The standard InChI is InChI=1S/C20H27N3O4/c24-18(22-17-7-5-15(6-8-17)19(25)26)9-11-21-20(27)23-12-10-14-3-1-2-4-16(14)13-23/h1-4,15,17H,5-13H2,(H,21,27)(H,22,24)(H,25,26). The fraction of sp³-hybridized carbons (Fsp3) is 0.550. The van der Waals surface area contributed by atoms with Crippen molar-refractivity contribution in [1.29, 1.82) is 0 Å². The second-order valence-corrected chi connectivity index (χ2v) is 7.38. The lowest BCUT2D eigenvalue weighted by molar-refractivity contribution is -0.142. The van der Waals surface area contributed by atoms with Gasteiger partial charge in [0.1, 0.15) is 0 Å². The van der Waals surface area contributed by atoms with E-state index in [0.717, 1.165) is 6.42 Å². The highest BCUT2D eigenvalue weighted by Crippen LogP contribution is 2.24. The lowest BCUT2D eigenvalue weighted by Crippen LogP contribution is -2.44. The van der Waals surface area contributed by atoms with E-state index < -0.39 is 5.97 Å². The lowest BCUT2D eigenvalue weighted by Gasteiger charge is -2.29. The topological polar surface area (TPSA) is 98.7 Å². The van der Waals surface area contributed by atoms with Gasteiger partial charge >= 0.3 is 12.0 Å². The van der Waals surface area contributed by atoms with Gasteiger partial charge in [0, 0.05) is 32.1 Å². The summed E-state index contributed by atoms with van der Waals surface area (Å²) in [5.41, 5.74) is 2.46. The molecule has 1 heterocycles. The molecule has 1 aliphatic carbocycles. The van der Waals surface area contributed by atoms with E-state index in [9.17, 15) is 14.4 Å². The number of carbonyl (C=O) groups is 3. The van der Waals surface area contributed by atoms with Crippen LogP contribution < -0.4 is 10.6 Å². The van der Waals surface area contributed by atoms with E-state index in [2.05, 4.69) is 16.7 Å². The van der Waals surface area contributed by atoms with E-state index >= 15 is 0 Å². The molecule has 3 amide bonds. The predicted molar refractivity (Wildman–Crippen MR) is 100 cm³/mol. The van der Waals surface area contributed by atoms with Crippen molar-refractivity contribution in [2.45, 2.75) is 51.1 Å². The average Bonchev–Trinajstić information content (AvgIpc) is 2.68. The maximum Gasteiger partial charge on any atom is 0.317 e. The molecule has 3 N–H and O–H groups in total. The van der Waals surface area contributed by atoms with Crippen LogP contribution in [-0.2, 0) is 22.6 Å². The van der Waals surface area contributed by atoms with Gasteiger partial charge < -0.3 is 20.6 Å². The summed E-state index contributed by atoms with van der Waals surface area (Å²) in [5.74, 6) is -1.13. The van der Waals surface area contributed by atoms with Crippen LogP contribution in [0.25, 0.3) is 0 Å². The first-order valence-electron chi connectivity index (χ1n) is 9.64. The molecule has 0 atom stereocenters. The summed E-state index contributed by atoms with van der Waals surface area (Å²) >= 11 is 0. The number of amides is 3. The SMILES string of the molecule is O=C(CCNC(=O)N1CCc2ccccc2C1)NC1CCC(C(=O)O)CC1. The number of fused-ring (bicyclic) bond motifs is 1. The van der Waals surface area contributed by atoms with Crippen molar-refractivity contribution in [2.75, 3.05) is 13.1 Å². The molecule has 1 aromatic rings. The molecule has 0 radical (unpaired) electrons. The Morgan fingerprint density at radius 2 is 1.78 bits per heavy atom. The number of carbonyl (C=O) groups excluding carboxylic acids is 2. The maximum atomic E-state index is 12.3. The maximum absolute atomic E-state index is 12.3. The summed E-state index contributed by atoms with van der Waals surface area (Å²) in [4.78, 5) is 37.1. The zero-order valence-electron chi connectivity index (χ0n) is 15.4. The van der Waals surface area contributed by atoms with E-state index in [0.29, 0.717) is 45.3 Å². The molecule has 7 nitrogen and oxygen atoms in total. The highest BCUT2D eigenvalue weighted by atomic mass is 16.4. The number of carboxylic acid groups (broad SMARTS) is 1. The molecule has 1 aromatic carbocycles. The lowest BCUT2D eigenvalue weighted by atomic mass is 9.86. The summed E-state index contributed by atoms with van der Waals surface area (Å²) in [7, 11) is 0. The van der Waals surface area contributed by atoms with Gasteiger partial charge in [0.15, 0.2) is 0 Å². The Morgan fingerprint density at radius 1 is 1.07 bits per heavy atom.